The lowest BCUT2D eigenvalue weighted by molar-refractivity contribution is 0.0538. The van der Waals surface area contributed by atoms with Crippen LogP contribution in [0.3, 0.4) is 0 Å². The van der Waals surface area contributed by atoms with Gasteiger partial charge in [-0.3, -0.25) is 4.90 Å². The maximum absolute atomic E-state index is 10.1. The summed E-state index contributed by atoms with van der Waals surface area (Å²) in [5.41, 5.74) is 0. The molecule has 52 valence electrons. The molecule has 0 saturated heterocycles. The fourth-order valence-electron chi connectivity index (χ4n) is 0.390. The normalized spacial score (nSPS) is 12.2. The van der Waals surface area contributed by atoms with Crippen LogP contribution >= 0.6 is 0 Å². The van der Waals surface area contributed by atoms with Crippen molar-refractivity contribution in [2.75, 3.05) is 0 Å². The lowest BCUT2D eigenvalue weighted by atomic mass is 10.6. The molecule has 0 heterocycles. The largest absolute Gasteiger partial charge is 0.465 e. The molecule has 0 aliphatic rings. The van der Waals surface area contributed by atoms with Crippen molar-refractivity contribution >= 4 is 6.09 Å². The van der Waals surface area contributed by atoms with Crippen molar-refractivity contribution in [2.24, 2.45) is 0 Å². The van der Waals surface area contributed by atoms with Gasteiger partial charge in [0.1, 0.15) is 6.23 Å². The monoisotopic (exact) mass is 131 g/mol. The van der Waals surface area contributed by atoms with Gasteiger partial charge in [0.05, 0.1) is 0 Å². The molecule has 9 heavy (non-hydrogen) atoms. The van der Waals surface area contributed by atoms with E-state index >= 15 is 0 Å². The average Bonchev–Trinajstić information content (AvgIpc) is 1.64. The van der Waals surface area contributed by atoms with E-state index in [9.17, 15) is 4.79 Å². The molecule has 4 heteroatoms. The molecular weight excluding hydrogens is 122 g/mol. The van der Waals surface area contributed by atoms with Crippen molar-refractivity contribution in [3.8, 4) is 0 Å². The molecule has 1 amide bonds. The standard InChI is InChI=1S/C5H9NO3/c1-3-6(4(2)7)5(8)9/h3-4,7H,1H2,2H3,(H,8,9). The van der Waals surface area contributed by atoms with Gasteiger partial charge in [0.15, 0.2) is 0 Å². The summed E-state index contributed by atoms with van der Waals surface area (Å²) in [6.45, 7) is 4.53. The van der Waals surface area contributed by atoms with Crippen LogP contribution in [0.4, 0.5) is 4.79 Å². The Morgan fingerprint density at radius 2 is 2.33 bits per heavy atom. The van der Waals surface area contributed by atoms with Crippen LogP contribution in [0.25, 0.3) is 0 Å². The van der Waals surface area contributed by atoms with Gasteiger partial charge in [-0.2, -0.15) is 0 Å². The van der Waals surface area contributed by atoms with Crippen molar-refractivity contribution in [1.82, 2.24) is 4.90 Å². The molecule has 0 aromatic carbocycles. The van der Waals surface area contributed by atoms with Crippen molar-refractivity contribution < 1.29 is 15.0 Å². The number of hydrogen-bond donors (Lipinski definition) is 2. The second-order valence-corrected chi connectivity index (χ2v) is 1.50. The quantitative estimate of drug-likeness (QED) is 0.535. The second-order valence-electron chi connectivity index (χ2n) is 1.50. The van der Waals surface area contributed by atoms with Crippen molar-refractivity contribution in [3.05, 3.63) is 12.8 Å². The summed E-state index contributed by atoms with van der Waals surface area (Å²) in [5, 5.41) is 16.9. The smallest absolute Gasteiger partial charge is 0.413 e. The van der Waals surface area contributed by atoms with Crippen LogP contribution in [-0.2, 0) is 0 Å². The number of rotatable bonds is 2. The molecule has 0 aliphatic carbocycles. The maximum atomic E-state index is 10.1. The summed E-state index contributed by atoms with van der Waals surface area (Å²) in [4.78, 5) is 10.8. The number of nitrogens with zero attached hydrogens (tertiary/aromatic N) is 1. The Hall–Kier alpha value is -1.03. The van der Waals surface area contributed by atoms with E-state index in [0.29, 0.717) is 4.90 Å². The highest BCUT2D eigenvalue weighted by atomic mass is 16.4. The molecule has 0 aliphatic heterocycles. The van der Waals surface area contributed by atoms with Gasteiger partial charge in [-0.05, 0) is 6.92 Å². The third-order valence-corrected chi connectivity index (χ3v) is 0.820. The fourth-order valence-corrected chi connectivity index (χ4v) is 0.390. The predicted octanol–water partition coefficient (Wildman–Crippen LogP) is 0.448. The molecule has 0 radical (unpaired) electrons. The number of amides is 1. The first-order valence-corrected chi connectivity index (χ1v) is 2.41. The molecule has 2 N–H and O–H groups in total. The highest BCUT2D eigenvalue weighted by molar-refractivity contribution is 5.66. The number of carbonyl (C=O) groups is 1. The minimum absolute atomic E-state index is 0.694. The van der Waals surface area contributed by atoms with E-state index in [4.69, 9.17) is 10.2 Å². The Bertz CT molecular complexity index is 121. The zero-order valence-corrected chi connectivity index (χ0v) is 5.11. The molecule has 0 fully saturated rings. The van der Waals surface area contributed by atoms with Gasteiger partial charge in [0, 0.05) is 6.20 Å². The van der Waals surface area contributed by atoms with Gasteiger partial charge >= 0.3 is 6.09 Å². The molecular formula is C5H9NO3. The molecule has 0 rings (SSSR count). The highest BCUT2D eigenvalue weighted by Gasteiger charge is 2.11. The van der Waals surface area contributed by atoms with Crippen molar-refractivity contribution in [2.45, 2.75) is 13.2 Å². The molecule has 4 nitrogen and oxygen atoms in total. The van der Waals surface area contributed by atoms with Crippen LogP contribution in [0, 0.1) is 0 Å². The lowest BCUT2D eigenvalue weighted by Gasteiger charge is -2.15. The van der Waals surface area contributed by atoms with E-state index in [2.05, 4.69) is 6.58 Å². The molecule has 1 unspecified atom stereocenters. The molecule has 0 bridgehead atoms. The van der Waals surface area contributed by atoms with Gasteiger partial charge in [-0.1, -0.05) is 6.58 Å². The van der Waals surface area contributed by atoms with Crippen molar-refractivity contribution in [3.63, 3.8) is 0 Å². The second kappa shape index (κ2) is 3.09. The van der Waals surface area contributed by atoms with Crippen LogP contribution in [0.5, 0.6) is 0 Å². The van der Waals surface area contributed by atoms with Crippen LogP contribution in [0.1, 0.15) is 6.92 Å². The summed E-state index contributed by atoms with van der Waals surface area (Å²) in [7, 11) is 0. The number of aliphatic hydroxyl groups excluding tert-OH is 1. The average molecular weight is 131 g/mol. The summed E-state index contributed by atoms with van der Waals surface area (Å²) < 4.78 is 0. The molecule has 0 aromatic heterocycles. The van der Waals surface area contributed by atoms with Crippen LogP contribution in [0.2, 0.25) is 0 Å². The van der Waals surface area contributed by atoms with Gasteiger partial charge in [-0.15, -0.1) is 0 Å². The molecule has 0 spiro atoms. The Labute approximate surface area is 53.0 Å². The molecule has 0 saturated carbocycles. The van der Waals surface area contributed by atoms with Crippen LogP contribution in [-0.4, -0.2) is 27.4 Å². The number of carboxylic acid groups (broad SMARTS) is 1. The van der Waals surface area contributed by atoms with Gasteiger partial charge in [0.25, 0.3) is 0 Å². The first-order valence-electron chi connectivity index (χ1n) is 2.41. The summed E-state index contributed by atoms with van der Waals surface area (Å²) in [6, 6.07) is 0. The predicted molar refractivity (Wildman–Crippen MR) is 31.7 cm³/mol. The van der Waals surface area contributed by atoms with E-state index in [0.717, 1.165) is 6.20 Å². The van der Waals surface area contributed by atoms with Gasteiger partial charge in [0.2, 0.25) is 0 Å². The van der Waals surface area contributed by atoms with Gasteiger partial charge < -0.3 is 10.2 Å². The lowest BCUT2D eigenvalue weighted by Crippen LogP contribution is -2.32. The zero-order chi connectivity index (χ0) is 7.44. The Kier molecular flexibility index (Phi) is 2.73. The molecule has 0 aromatic rings. The maximum Gasteiger partial charge on any atom is 0.413 e. The summed E-state index contributed by atoms with van der Waals surface area (Å²) >= 11 is 0. The van der Waals surface area contributed by atoms with E-state index in [-0.39, 0.29) is 0 Å². The third-order valence-electron chi connectivity index (χ3n) is 0.820. The number of aliphatic hydroxyl groups is 1. The van der Waals surface area contributed by atoms with E-state index in [1.807, 2.05) is 0 Å². The summed E-state index contributed by atoms with van der Waals surface area (Å²) in [6.07, 6.45) is -1.19. The van der Waals surface area contributed by atoms with Gasteiger partial charge in [-0.25, -0.2) is 4.79 Å². The van der Waals surface area contributed by atoms with E-state index in [1.54, 1.807) is 0 Å². The summed E-state index contributed by atoms with van der Waals surface area (Å²) in [5.74, 6) is 0. The van der Waals surface area contributed by atoms with Crippen LogP contribution in [0.15, 0.2) is 12.8 Å². The van der Waals surface area contributed by atoms with Crippen molar-refractivity contribution in [1.29, 1.82) is 0 Å². The Morgan fingerprint density at radius 1 is 1.89 bits per heavy atom. The van der Waals surface area contributed by atoms with E-state index < -0.39 is 12.3 Å². The first kappa shape index (κ1) is 7.97. The third kappa shape index (κ3) is 2.14. The van der Waals surface area contributed by atoms with Crippen LogP contribution < -0.4 is 0 Å². The Morgan fingerprint density at radius 3 is 2.33 bits per heavy atom. The number of hydrogen-bond acceptors (Lipinski definition) is 2. The Balaban J connectivity index is 3.98. The SMILES string of the molecule is C=CN(C(=O)O)C(C)O. The fraction of sp³-hybridized carbons (Fsp3) is 0.400. The first-order chi connectivity index (χ1) is 4.09. The topological polar surface area (TPSA) is 60.8 Å². The minimum atomic E-state index is -1.21. The molecule has 1 atom stereocenters. The zero-order valence-electron chi connectivity index (χ0n) is 5.11. The minimum Gasteiger partial charge on any atom is -0.465 e. The van der Waals surface area contributed by atoms with E-state index in [1.165, 1.54) is 6.92 Å². The highest BCUT2D eigenvalue weighted by Crippen LogP contribution is 1.94.